The molecule has 0 spiro atoms. The number of benzene rings is 2. The van der Waals surface area contributed by atoms with Gasteiger partial charge < -0.3 is 30.0 Å². The molecular weight excluding hydrogens is 410 g/mol. The van der Waals surface area contributed by atoms with Crippen molar-refractivity contribution in [2.75, 3.05) is 20.5 Å². The molecule has 154 valence electrons. The standard InChI is InChI=1S/C20H17N3O6S/c1-26-15-6-11(2-4-13(15)27-9-18(21)24)7-17-19(23-20(25)30-17)22-12-3-5-14-16(8-12)29-10-28-14/h2-8H,9-10H2,1H3,(H2,21,24)(H,22,23,25). The minimum atomic E-state index is -0.584. The molecule has 30 heavy (non-hydrogen) atoms. The zero-order valence-corrected chi connectivity index (χ0v) is 16.7. The van der Waals surface area contributed by atoms with Crippen molar-refractivity contribution < 1.29 is 28.5 Å². The predicted molar refractivity (Wildman–Crippen MR) is 111 cm³/mol. The van der Waals surface area contributed by atoms with E-state index in [-0.39, 0.29) is 18.6 Å². The van der Waals surface area contributed by atoms with E-state index < -0.39 is 5.91 Å². The maximum absolute atomic E-state index is 12.0. The smallest absolute Gasteiger partial charge is 0.289 e. The highest BCUT2D eigenvalue weighted by atomic mass is 32.2. The van der Waals surface area contributed by atoms with Crippen molar-refractivity contribution in [2.45, 2.75) is 0 Å². The van der Waals surface area contributed by atoms with Crippen molar-refractivity contribution in [1.82, 2.24) is 5.32 Å². The summed E-state index contributed by atoms with van der Waals surface area (Å²) in [5.74, 6) is 1.93. The van der Waals surface area contributed by atoms with Crippen LogP contribution in [0.5, 0.6) is 23.0 Å². The number of rotatable bonds is 6. The van der Waals surface area contributed by atoms with Gasteiger partial charge >= 0.3 is 0 Å². The number of fused-ring (bicyclic) bond motifs is 1. The van der Waals surface area contributed by atoms with E-state index in [1.165, 1.54) is 7.11 Å². The summed E-state index contributed by atoms with van der Waals surface area (Å²) >= 11 is 1.04. The van der Waals surface area contributed by atoms with Crippen LogP contribution in [-0.2, 0) is 4.79 Å². The number of hydrogen-bond donors (Lipinski definition) is 2. The first-order valence-corrected chi connectivity index (χ1v) is 9.62. The fraction of sp³-hybridized carbons (Fsp3) is 0.150. The van der Waals surface area contributed by atoms with Crippen LogP contribution in [0.25, 0.3) is 6.08 Å². The number of thioether (sulfide) groups is 1. The summed E-state index contributed by atoms with van der Waals surface area (Å²) in [5, 5.41) is 2.51. The van der Waals surface area contributed by atoms with E-state index in [9.17, 15) is 9.59 Å². The van der Waals surface area contributed by atoms with Gasteiger partial charge in [-0.2, -0.15) is 0 Å². The summed E-state index contributed by atoms with van der Waals surface area (Å²) in [5.41, 5.74) is 6.49. The molecule has 2 aromatic carbocycles. The van der Waals surface area contributed by atoms with Crippen LogP contribution in [0.15, 0.2) is 46.3 Å². The third kappa shape index (κ3) is 4.33. The molecule has 1 saturated heterocycles. The third-order valence-electron chi connectivity index (χ3n) is 4.11. The zero-order chi connectivity index (χ0) is 21.1. The molecule has 0 radical (unpaired) electrons. The van der Waals surface area contributed by atoms with Crippen molar-refractivity contribution in [2.24, 2.45) is 10.7 Å². The van der Waals surface area contributed by atoms with Gasteiger partial charge in [0.25, 0.3) is 11.1 Å². The van der Waals surface area contributed by atoms with Crippen LogP contribution in [0.1, 0.15) is 5.56 Å². The average Bonchev–Trinajstić information content (AvgIpc) is 3.32. The van der Waals surface area contributed by atoms with Gasteiger partial charge in [0.15, 0.2) is 29.6 Å². The quantitative estimate of drug-likeness (QED) is 0.727. The first-order valence-electron chi connectivity index (χ1n) is 8.80. The zero-order valence-electron chi connectivity index (χ0n) is 15.8. The Hall–Kier alpha value is -3.66. The maximum atomic E-state index is 12.0. The molecule has 2 amide bonds. The van der Waals surface area contributed by atoms with Crippen LogP contribution in [0.4, 0.5) is 10.5 Å². The van der Waals surface area contributed by atoms with Gasteiger partial charge in [0.1, 0.15) is 5.84 Å². The number of amides is 2. The van der Waals surface area contributed by atoms with Gasteiger partial charge in [0, 0.05) is 6.07 Å². The second-order valence-electron chi connectivity index (χ2n) is 6.19. The Bertz CT molecular complexity index is 1080. The minimum Gasteiger partial charge on any atom is -0.493 e. The van der Waals surface area contributed by atoms with Crippen molar-refractivity contribution >= 4 is 40.5 Å². The van der Waals surface area contributed by atoms with Crippen LogP contribution in [0, 0.1) is 0 Å². The van der Waals surface area contributed by atoms with E-state index in [0.29, 0.717) is 39.4 Å². The van der Waals surface area contributed by atoms with Gasteiger partial charge in [-0.1, -0.05) is 6.07 Å². The Labute approximate surface area is 175 Å². The molecule has 0 saturated carbocycles. The van der Waals surface area contributed by atoms with Crippen LogP contribution < -0.4 is 30.0 Å². The lowest BCUT2D eigenvalue weighted by Gasteiger charge is -2.10. The number of hydrogen-bond acceptors (Lipinski definition) is 8. The molecule has 10 heteroatoms. The fourth-order valence-electron chi connectivity index (χ4n) is 2.79. The van der Waals surface area contributed by atoms with E-state index in [1.807, 2.05) is 0 Å². The minimum absolute atomic E-state index is 0.175. The summed E-state index contributed by atoms with van der Waals surface area (Å²) in [6, 6.07) is 10.5. The molecule has 2 aromatic rings. The van der Waals surface area contributed by atoms with Crippen molar-refractivity contribution in [3.8, 4) is 23.0 Å². The van der Waals surface area contributed by atoms with E-state index >= 15 is 0 Å². The number of primary amides is 1. The Morgan fingerprint density at radius 1 is 1.23 bits per heavy atom. The number of ether oxygens (including phenoxy) is 4. The van der Waals surface area contributed by atoms with Gasteiger partial charge in [-0.3, -0.25) is 9.59 Å². The third-order valence-corrected chi connectivity index (χ3v) is 4.93. The monoisotopic (exact) mass is 427 g/mol. The molecule has 0 aromatic heterocycles. The van der Waals surface area contributed by atoms with E-state index in [4.69, 9.17) is 24.7 Å². The first kappa shape index (κ1) is 19.6. The number of aliphatic imine (C=N–C) groups is 1. The van der Waals surface area contributed by atoms with Crippen LogP contribution in [-0.4, -0.2) is 37.5 Å². The second kappa shape index (κ2) is 8.37. The largest absolute Gasteiger partial charge is 0.493 e. The molecule has 2 aliphatic rings. The average molecular weight is 427 g/mol. The molecule has 3 N–H and O–H groups in total. The van der Waals surface area contributed by atoms with Gasteiger partial charge in [-0.15, -0.1) is 0 Å². The lowest BCUT2D eigenvalue weighted by Crippen LogP contribution is -2.20. The molecule has 9 nitrogen and oxygen atoms in total. The number of carbonyl (C=O) groups excluding carboxylic acids is 2. The molecule has 2 aliphatic heterocycles. The highest BCUT2D eigenvalue weighted by molar-refractivity contribution is 8.18. The highest BCUT2D eigenvalue weighted by Gasteiger charge is 2.24. The Balaban J connectivity index is 1.61. The predicted octanol–water partition coefficient (Wildman–Crippen LogP) is 2.82. The van der Waals surface area contributed by atoms with Gasteiger partial charge in [-0.25, -0.2) is 4.99 Å². The van der Waals surface area contributed by atoms with Gasteiger partial charge in [-0.05, 0) is 47.7 Å². The molecule has 2 heterocycles. The van der Waals surface area contributed by atoms with Crippen molar-refractivity contribution in [3.05, 3.63) is 46.9 Å². The Kier molecular flexibility index (Phi) is 5.48. The number of nitrogens with two attached hydrogens (primary N) is 1. The number of nitrogens with zero attached hydrogens (tertiary/aromatic N) is 1. The van der Waals surface area contributed by atoms with Gasteiger partial charge in [0.2, 0.25) is 6.79 Å². The van der Waals surface area contributed by atoms with Crippen molar-refractivity contribution in [1.29, 1.82) is 0 Å². The first-order chi connectivity index (χ1) is 14.5. The number of methoxy groups -OCH3 is 1. The molecule has 0 bridgehead atoms. The summed E-state index contributed by atoms with van der Waals surface area (Å²) in [4.78, 5) is 28.1. The van der Waals surface area contributed by atoms with Crippen LogP contribution in [0.2, 0.25) is 0 Å². The number of amidine groups is 1. The molecule has 0 unspecified atom stereocenters. The Morgan fingerprint density at radius 2 is 2.07 bits per heavy atom. The molecule has 0 aliphatic carbocycles. The van der Waals surface area contributed by atoms with E-state index in [0.717, 1.165) is 17.3 Å². The maximum Gasteiger partial charge on any atom is 0.289 e. The SMILES string of the molecule is COc1cc(C=C2SC(=O)NC2=Nc2ccc3c(c2)OCO3)ccc1OCC(N)=O. The van der Waals surface area contributed by atoms with Gasteiger partial charge in [0.05, 0.1) is 17.7 Å². The van der Waals surface area contributed by atoms with E-state index in [1.54, 1.807) is 42.5 Å². The molecule has 4 rings (SSSR count). The van der Waals surface area contributed by atoms with Crippen LogP contribution >= 0.6 is 11.8 Å². The highest BCUT2D eigenvalue weighted by Crippen LogP contribution is 2.37. The summed E-state index contributed by atoms with van der Waals surface area (Å²) in [6.07, 6.45) is 1.80. The van der Waals surface area contributed by atoms with Crippen molar-refractivity contribution in [3.63, 3.8) is 0 Å². The summed E-state index contributed by atoms with van der Waals surface area (Å²) in [7, 11) is 1.49. The molecule has 1 fully saturated rings. The lowest BCUT2D eigenvalue weighted by molar-refractivity contribution is -0.119. The number of nitrogens with one attached hydrogen (secondary N) is 1. The molecular formula is C20H17N3O6S. The second-order valence-corrected chi connectivity index (χ2v) is 7.20. The molecule has 0 atom stereocenters. The summed E-state index contributed by atoms with van der Waals surface area (Å²) in [6.45, 7) is -0.0779. The topological polar surface area (TPSA) is 121 Å². The van der Waals surface area contributed by atoms with E-state index in [2.05, 4.69) is 10.3 Å². The van der Waals surface area contributed by atoms with Crippen LogP contribution in [0.3, 0.4) is 0 Å². The lowest BCUT2D eigenvalue weighted by atomic mass is 10.2. The summed E-state index contributed by atoms with van der Waals surface area (Å²) < 4.78 is 21.3. The Morgan fingerprint density at radius 3 is 2.87 bits per heavy atom. The number of carbonyl (C=O) groups is 2. The normalized spacial score (nSPS) is 17.3. The fourth-order valence-corrected chi connectivity index (χ4v) is 3.53.